The highest BCUT2D eigenvalue weighted by Crippen LogP contribution is 2.25. The van der Waals surface area contributed by atoms with Gasteiger partial charge in [-0.05, 0) is 18.2 Å². The van der Waals surface area contributed by atoms with Crippen LogP contribution in [-0.2, 0) is 9.53 Å². The lowest BCUT2D eigenvalue weighted by Gasteiger charge is -2.06. The molecule has 4 heteroatoms. The van der Waals surface area contributed by atoms with Gasteiger partial charge in [-0.2, -0.15) is 0 Å². The van der Waals surface area contributed by atoms with Crippen LogP contribution in [-0.4, -0.2) is 27.3 Å². The number of hydrogen-bond acceptors (Lipinski definition) is 4. The molecule has 17 heavy (non-hydrogen) atoms. The van der Waals surface area contributed by atoms with Crippen LogP contribution in [0.4, 0.5) is 0 Å². The molecule has 0 aromatic heterocycles. The molecule has 0 N–H and O–H groups in total. The lowest BCUT2D eigenvalue weighted by molar-refractivity contribution is -0.139. The van der Waals surface area contributed by atoms with Crippen molar-refractivity contribution in [3.05, 3.63) is 29.8 Å². The molecule has 0 radical (unpaired) electrons. The van der Waals surface area contributed by atoms with Gasteiger partial charge in [0.25, 0.3) is 0 Å². The fraction of sp³-hybridized carbons (Fsp3) is 0.308. The van der Waals surface area contributed by atoms with Crippen LogP contribution in [0, 0.1) is 0 Å². The summed E-state index contributed by atoms with van der Waals surface area (Å²) >= 11 is 0. The van der Waals surface area contributed by atoms with E-state index in [0.717, 1.165) is 17.1 Å². The second-order valence-electron chi connectivity index (χ2n) is 3.29. The zero-order chi connectivity index (χ0) is 12.7. The zero-order valence-electron chi connectivity index (χ0n) is 10.2. The Morgan fingerprint density at radius 1 is 1.24 bits per heavy atom. The van der Waals surface area contributed by atoms with Crippen LogP contribution in [0.25, 0.3) is 6.08 Å². The van der Waals surface area contributed by atoms with Gasteiger partial charge in [0.05, 0.1) is 27.8 Å². The van der Waals surface area contributed by atoms with Crippen LogP contribution in [0.5, 0.6) is 11.5 Å². The summed E-state index contributed by atoms with van der Waals surface area (Å²) in [6.45, 7) is 0. The van der Waals surface area contributed by atoms with Crippen molar-refractivity contribution in [3.8, 4) is 11.5 Å². The highest BCUT2D eigenvalue weighted by Gasteiger charge is 2.02. The minimum absolute atomic E-state index is 0.233. The average Bonchev–Trinajstić information content (AvgIpc) is 2.38. The Balaban J connectivity index is 2.83. The van der Waals surface area contributed by atoms with Gasteiger partial charge in [-0.15, -0.1) is 0 Å². The van der Waals surface area contributed by atoms with E-state index < -0.39 is 0 Å². The molecule has 1 aromatic carbocycles. The first kappa shape index (κ1) is 13.1. The second-order valence-corrected chi connectivity index (χ2v) is 3.29. The van der Waals surface area contributed by atoms with E-state index in [1.807, 2.05) is 18.2 Å². The van der Waals surface area contributed by atoms with E-state index in [1.54, 1.807) is 26.4 Å². The van der Waals surface area contributed by atoms with Gasteiger partial charge >= 0.3 is 5.97 Å². The summed E-state index contributed by atoms with van der Waals surface area (Å²) in [7, 11) is 4.56. The summed E-state index contributed by atoms with van der Waals surface area (Å²) < 4.78 is 14.9. The average molecular weight is 236 g/mol. The van der Waals surface area contributed by atoms with Crippen molar-refractivity contribution < 1.29 is 19.0 Å². The van der Waals surface area contributed by atoms with E-state index >= 15 is 0 Å². The molecule has 0 unspecified atom stereocenters. The first-order valence-corrected chi connectivity index (χ1v) is 5.16. The molecule has 4 nitrogen and oxygen atoms in total. The largest absolute Gasteiger partial charge is 0.497 e. The van der Waals surface area contributed by atoms with Gasteiger partial charge in [0, 0.05) is 5.56 Å². The maximum atomic E-state index is 11.0. The molecule has 1 aromatic rings. The summed E-state index contributed by atoms with van der Waals surface area (Å²) in [6, 6.07) is 5.47. The Morgan fingerprint density at radius 3 is 2.59 bits per heavy atom. The Hall–Kier alpha value is -1.97. The second kappa shape index (κ2) is 6.58. The summed E-state index contributed by atoms with van der Waals surface area (Å²) in [5, 5.41) is 0. The molecule has 92 valence electrons. The first-order chi connectivity index (χ1) is 8.21. The van der Waals surface area contributed by atoms with Crippen molar-refractivity contribution in [3.63, 3.8) is 0 Å². The van der Waals surface area contributed by atoms with Crippen molar-refractivity contribution in [2.45, 2.75) is 6.42 Å². The standard InChI is InChI=1S/C13H16O4/c1-15-11-7-8-12(16-2)10(9-11)5-4-6-13(14)17-3/h4-5,7-9H,6H2,1-3H3. The third kappa shape index (κ3) is 3.83. The summed E-state index contributed by atoms with van der Waals surface area (Å²) in [5.74, 6) is 1.19. The minimum Gasteiger partial charge on any atom is -0.497 e. The van der Waals surface area contributed by atoms with E-state index in [-0.39, 0.29) is 12.4 Å². The monoisotopic (exact) mass is 236 g/mol. The highest BCUT2D eigenvalue weighted by atomic mass is 16.5. The van der Waals surface area contributed by atoms with E-state index in [0.29, 0.717) is 0 Å². The van der Waals surface area contributed by atoms with Crippen molar-refractivity contribution in [1.82, 2.24) is 0 Å². The van der Waals surface area contributed by atoms with Crippen LogP contribution in [0.2, 0.25) is 0 Å². The SMILES string of the molecule is COC(=O)CC=Cc1cc(OC)ccc1OC. The van der Waals surface area contributed by atoms with Gasteiger partial charge in [-0.25, -0.2) is 0 Å². The smallest absolute Gasteiger partial charge is 0.309 e. The van der Waals surface area contributed by atoms with Crippen LogP contribution in [0.3, 0.4) is 0 Å². The highest BCUT2D eigenvalue weighted by molar-refractivity contribution is 5.73. The molecule has 0 amide bonds. The van der Waals surface area contributed by atoms with E-state index in [9.17, 15) is 4.79 Å². The molecule has 0 aliphatic heterocycles. The van der Waals surface area contributed by atoms with Gasteiger partial charge in [0.1, 0.15) is 11.5 Å². The molecule has 0 heterocycles. The lowest BCUT2D eigenvalue weighted by Crippen LogP contribution is -1.96. The lowest BCUT2D eigenvalue weighted by atomic mass is 10.1. The number of methoxy groups -OCH3 is 3. The molecule has 0 bridgehead atoms. The molecule has 0 aliphatic carbocycles. The van der Waals surface area contributed by atoms with Gasteiger partial charge in [0.15, 0.2) is 0 Å². The van der Waals surface area contributed by atoms with E-state index in [2.05, 4.69) is 4.74 Å². The fourth-order valence-electron chi connectivity index (χ4n) is 1.34. The Labute approximate surface area is 101 Å². The minimum atomic E-state index is -0.275. The summed E-state index contributed by atoms with van der Waals surface area (Å²) in [4.78, 5) is 11.0. The Bertz CT molecular complexity index is 410. The van der Waals surface area contributed by atoms with Gasteiger partial charge in [-0.1, -0.05) is 12.2 Å². The molecular weight excluding hydrogens is 220 g/mol. The number of benzene rings is 1. The van der Waals surface area contributed by atoms with Crippen molar-refractivity contribution >= 4 is 12.0 Å². The molecule has 0 aliphatic rings. The number of esters is 1. The molecule has 0 saturated heterocycles. The van der Waals surface area contributed by atoms with E-state index in [1.165, 1.54) is 7.11 Å². The third-order valence-electron chi connectivity index (χ3n) is 2.25. The molecule has 1 rings (SSSR count). The molecule has 0 spiro atoms. The molecular formula is C13H16O4. The number of ether oxygens (including phenoxy) is 3. The number of rotatable bonds is 5. The topological polar surface area (TPSA) is 44.8 Å². The van der Waals surface area contributed by atoms with Gasteiger partial charge in [0.2, 0.25) is 0 Å². The molecule has 0 saturated carbocycles. The number of carbonyl (C=O) groups excluding carboxylic acids is 1. The van der Waals surface area contributed by atoms with Crippen molar-refractivity contribution in [1.29, 1.82) is 0 Å². The van der Waals surface area contributed by atoms with Gasteiger partial charge < -0.3 is 14.2 Å². The van der Waals surface area contributed by atoms with Crippen LogP contribution >= 0.6 is 0 Å². The molecule has 0 atom stereocenters. The summed E-state index contributed by atoms with van der Waals surface area (Å²) in [6.07, 6.45) is 3.76. The fourth-order valence-corrected chi connectivity index (χ4v) is 1.34. The number of hydrogen-bond donors (Lipinski definition) is 0. The quantitative estimate of drug-likeness (QED) is 0.736. The van der Waals surface area contributed by atoms with Gasteiger partial charge in [-0.3, -0.25) is 4.79 Å². The third-order valence-corrected chi connectivity index (χ3v) is 2.25. The van der Waals surface area contributed by atoms with Crippen LogP contribution in [0.1, 0.15) is 12.0 Å². The summed E-state index contributed by atoms with van der Waals surface area (Å²) in [5.41, 5.74) is 0.857. The molecule has 0 fully saturated rings. The van der Waals surface area contributed by atoms with Crippen molar-refractivity contribution in [2.75, 3.05) is 21.3 Å². The normalized spacial score (nSPS) is 10.3. The van der Waals surface area contributed by atoms with Crippen molar-refractivity contribution in [2.24, 2.45) is 0 Å². The Kier molecular flexibility index (Phi) is 5.07. The van der Waals surface area contributed by atoms with E-state index in [4.69, 9.17) is 9.47 Å². The maximum Gasteiger partial charge on any atom is 0.309 e. The predicted octanol–water partition coefficient (Wildman–Crippen LogP) is 2.28. The number of carbonyl (C=O) groups is 1. The van der Waals surface area contributed by atoms with Crippen LogP contribution < -0.4 is 9.47 Å². The maximum absolute atomic E-state index is 11.0. The van der Waals surface area contributed by atoms with Crippen LogP contribution in [0.15, 0.2) is 24.3 Å². The Morgan fingerprint density at radius 2 is 2.00 bits per heavy atom. The zero-order valence-corrected chi connectivity index (χ0v) is 10.2. The predicted molar refractivity (Wildman–Crippen MR) is 65.2 cm³/mol. The first-order valence-electron chi connectivity index (χ1n) is 5.16.